The lowest BCUT2D eigenvalue weighted by atomic mass is 9.97. The van der Waals surface area contributed by atoms with E-state index in [0.717, 1.165) is 18.3 Å². The molecule has 1 aromatic heterocycles. The van der Waals surface area contributed by atoms with Gasteiger partial charge in [0.1, 0.15) is 0 Å². The van der Waals surface area contributed by atoms with Gasteiger partial charge in [-0.3, -0.25) is 25.0 Å². The highest BCUT2D eigenvalue weighted by atomic mass is 32.1. The van der Waals surface area contributed by atoms with Crippen LogP contribution in [-0.2, 0) is 9.53 Å². The Balaban J connectivity index is 3.19. The molecule has 0 fully saturated rings. The summed E-state index contributed by atoms with van der Waals surface area (Å²) < 4.78 is 4.96. The minimum atomic E-state index is -1.58. The van der Waals surface area contributed by atoms with Crippen LogP contribution in [0.1, 0.15) is 31.8 Å². The number of carbonyl (C=O) groups excluding carboxylic acids is 1. The molecule has 0 spiro atoms. The highest BCUT2D eigenvalue weighted by Gasteiger charge is 2.45. The van der Waals surface area contributed by atoms with Crippen LogP contribution in [0.5, 0.6) is 0 Å². The van der Waals surface area contributed by atoms with E-state index in [-0.39, 0.29) is 9.88 Å². The molecule has 9 heteroatoms. The lowest BCUT2D eigenvalue weighted by Crippen LogP contribution is -2.39. The molecule has 1 aromatic rings. The molecule has 0 saturated carbocycles. The molecule has 0 N–H and O–H groups in total. The largest absolute Gasteiger partial charge is 0.449 e. The van der Waals surface area contributed by atoms with Gasteiger partial charge in [-0.2, -0.15) is 0 Å². The standard InChI is InChI=1S/C10H12N2O6S/c1-6(13)18-9(10(2,3)12(16)17)7-4-5-8(19-7)11(14)15/h4-5,9H,1-3H3. The fourth-order valence-corrected chi connectivity index (χ4v) is 2.43. The van der Waals surface area contributed by atoms with Crippen molar-refractivity contribution in [1.82, 2.24) is 0 Å². The number of nitro groups is 2. The van der Waals surface area contributed by atoms with E-state index in [0.29, 0.717) is 0 Å². The van der Waals surface area contributed by atoms with Gasteiger partial charge in [0.2, 0.25) is 6.10 Å². The first-order chi connectivity index (χ1) is 8.66. The van der Waals surface area contributed by atoms with E-state index in [1.54, 1.807) is 0 Å². The third-order valence-corrected chi connectivity index (χ3v) is 3.53. The number of nitrogens with zero attached hydrogens (tertiary/aromatic N) is 2. The average Bonchev–Trinajstić information content (AvgIpc) is 2.74. The molecule has 0 aliphatic carbocycles. The second-order valence-electron chi connectivity index (χ2n) is 4.33. The van der Waals surface area contributed by atoms with Crippen LogP contribution in [0.2, 0.25) is 0 Å². The second kappa shape index (κ2) is 5.31. The molecule has 0 amide bonds. The lowest BCUT2D eigenvalue weighted by Gasteiger charge is -2.24. The zero-order chi connectivity index (χ0) is 14.8. The normalized spacial score (nSPS) is 12.8. The van der Waals surface area contributed by atoms with E-state index in [1.165, 1.54) is 26.0 Å². The lowest BCUT2D eigenvalue weighted by molar-refractivity contribution is -0.574. The van der Waals surface area contributed by atoms with Crippen LogP contribution in [0.25, 0.3) is 0 Å². The van der Waals surface area contributed by atoms with Crippen molar-refractivity contribution in [1.29, 1.82) is 0 Å². The summed E-state index contributed by atoms with van der Waals surface area (Å²) in [5.41, 5.74) is -1.58. The Hall–Kier alpha value is -2.03. The van der Waals surface area contributed by atoms with Crippen molar-refractivity contribution in [3.8, 4) is 0 Å². The number of ether oxygens (including phenoxy) is 1. The van der Waals surface area contributed by atoms with E-state index in [1.807, 2.05) is 0 Å². The van der Waals surface area contributed by atoms with Crippen LogP contribution in [0.4, 0.5) is 5.00 Å². The van der Waals surface area contributed by atoms with Gasteiger partial charge in [0.05, 0.1) is 9.80 Å². The van der Waals surface area contributed by atoms with Gasteiger partial charge in [0, 0.05) is 31.8 Å². The third kappa shape index (κ3) is 3.25. The van der Waals surface area contributed by atoms with Crippen molar-refractivity contribution in [3.63, 3.8) is 0 Å². The van der Waals surface area contributed by atoms with Gasteiger partial charge >= 0.3 is 11.0 Å². The number of rotatable bonds is 5. The zero-order valence-corrected chi connectivity index (χ0v) is 11.3. The molecule has 0 aromatic carbocycles. The topological polar surface area (TPSA) is 113 Å². The maximum Gasteiger partial charge on any atom is 0.324 e. The summed E-state index contributed by atoms with van der Waals surface area (Å²) in [6.07, 6.45) is -1.17. The predicted molar refractivity (Wildman–Crippen MR) is 66.6 cm³/mol. The Labute approximate surface area is 112 Å². The molecule has 0 aliphatic heterocycles. The molecule has 104 valence electrons. The number of hydrogen-bond acceptors (Lipinski definition) is 7. The Morgan fingerprint density at radius 2 is 1.95 bits per heavy atom. The van der Waals surface area contributed by atoms with E-state index in [4.69, 9.17) is 4.74 Å². The Morgan fingerprint density at radius 3 is 2.32 bits per heavy atom. The van der Waals surface area contributed by atoms with Crippen molar-refractivity contribution < 1.29 is 19.4 Å². The fraction of sp³-hybridized carbons (Fsp3) is 0.500. The summed E-state index contributed by atoms with van der Waals surface area (Å²) in [6.45, 7) is 3.73. The van der Waals surface area contributed by atoms with Gasteiger partial charge in [0.25, 0.3) is 5.54 Å². The van der Waals surface area contributed by atoms with Gasteiger partial charge in [-0.1, -0.05) is 11.3 Å². The molecule has 0 saturated heterocycles. The number of hydrogen-bond donors (Lipinski definition) is 0. The minimum Gasteiger partial charge on any atom is -0.449 e. The molecule has 1 atom stereocenters. The van der Waals surface area contributed by atoms with Crippen molar-refractivity contribution in [2.75, 3.05) is 0 Å². The average molecular weight is 288 g/mol. The van der Waals surface area contributed by atoms with Crippen LogP contribution in [-0.4, -0.2) is 21.4 Å². The zero-order valence-electron chi connectivity index (χ0n) is 10.5. The van der Waals surface area contributed by atoms with Gasteiger partial charge in [-0.15, -0.1) is 0 Å². The Morgan fingerprint density at radius 1 is 1.37 bits per heavy atom. The number of thiophene rings is 1. The molecule has 1 heterocycles. The Kier molecular flexibility index (Phi) is 4.20. The molecule has 0 bridgehead atoms. The van der Waals surface area contributed by atoms with Crippen LogP contribution in [0, 0.1) is 20.2 Å². The highest BCUT2D eigenvalue weighted by Crippen LogP contribution is 2.38. The molecule has 1 unspecified atom stereocenters. The van der Waals surface area contributed by atoms with E-state index in [2.05, 4.69) is 0 Å². The molecule has 0 aliphatic rings. The SMILES string of the molecule is CC(=O)OC(c1ccc([N+](=O)[O-])s1)C(C)(C)[N+](=O)[O-]. The first-order valence-electron chi connectivity index (χ1n) is 5.22. The quantitative estimate of drug-likeness (QED) is 0.466. The minimum absolute atomic E-state index is 0.161. The number of carbonyl (C=O) groups is 1. The molecule has 0 radical (unpaired) electrons. The van der Waals surface area contributed by atoms with Crippen LogP contribution >= 0.6 is 11.3 Å². The third-order valence-electron chi connectivity index (χ3n) is 2.45. The summed E-state index contributed by atoms with van der Waals surface area (Å²) >= 11 is 0.755. The van der Waals surface area contributed by atoms with Crippen molar-refractivity contribution in [2.24, 2.45) is 0 Å². The fourth-order valence-electron chi connectivity index (χ4n) is 1.39. The van der Waals surface area contributed by atoms with E-state index in [9.17, 15) is 25.0 Å². The maximum atomic E-state index is 11.1. The maximum absolute atomic E-state index is 11.1. The Bertz CT molecular complexity index is 524. The van der Waals surface area contributed by atoms with Gasteiger partial charge < -0.3 is 4.74 Å². The molecule has 1 rings (SSSR count). The predicted octanol–water partition coefficient (Wildman–Crippen LogP) is 2.32. The molecule has 8 nitrogen and oxygen atoms in total. The van der Waals surface area contributed by atoms with Crippen LogP contribution in [0.15, 0.2) is 12.1 Å². The first kappa shape index (κ1) is 15.0. The van der Waals surface area contributed by atoms with Crippen LogP contribution < -0.4 is 0 Å². The van der Waals surface area contributed by atoms with Crippen molar-refractivity contribution in [3.05, 3.63) is 37.2 Å². The van der Waals surface area contributed by atoms with Gasteiger partial charge in [-0.25, -0.2) is 0 Å². The van der Waals surface area contributed by atoms with E-state index >= 15 is 0 Å². The van der Waals surface area contributed by atoms with Crippen molar-refractivity contribution >= 4 is 22.3 Å². The van der Waals surface area contributed by atoms with Gasteiger partial charge in [-0.05, 0) is 6.07 Å². The first-order valence-corrected chi connectivity index (χ1v) is 6.03. The van der Waals surface area contributed by atoms with Gasteiger partial charge in [0.15, 0.2) is 0 Å². The smallest absolute Gasteiger partial charge is 0.324 e. The highest BCUT2D eigenvalue weighted by molar-refractivity contribution is 7.15. The monoisotopic (exact) mass is 288 g/mol. The summed E-state index contributed by atoms with van der Waals surface area (Å²) in [6, 6.07) is 2.59. The molecule has 19 heavy (non-hydrogen) atoms. The van der Waals surface area contributed by atoms with E-state index < -0.39 is 27.5 Å². The number of esters is 1. The van der Waals surface area contributed by atoms with Crippen LogP contribution in [0.3, 0.4) is 0 Å². The summed E-state index contributed by atoms with van der Waals surface area (Å²) in [7, 11) is 0. The second-order valence-corrected chi connectivity index (χ2v) is 5.43. The summed E-state index contributed by atoms with van der Waals surface area (Å²) in [5, 5.41) is 21.5. The summed E-state index contributed by atoms with van der Waals surface area (Å²) in [4.78, 5) is 31.8. The molecular weight excluding hydrogens is 276 g/mol. The van der Waals surface area contributed by atoms with Crippen molar-refractivity contribution in [2.45, 2.75) is 32.4 Å². The molecular formula is C10H12N2O6S. The summed E-state index contributed by atoms with van der Waals surface area (Å²) in [5.74, 6) is -0.684.